The fourth-order valence-corrected chi connectivity index (χ4v) is 2.87. The van der Waals surface area contributed by atoms with E-state index in [4.69, 9.17) is 16.3 Å². The maximum absolute atomic E-state index is 12.1. The standard InChI is InChI=1S/C18H21ClN2O5/c1-12(17(22)20-10-9-13-5-3-2-4-6-13)26-18(23)14-7-8-15(19)16(11-14)21(24)25/h5,7-8,11-12H,2-4,6,9-10H2,1H3,(H,20,22)/t12-/m0/s1. The largest absolute Gasteiger partial charge is 0.449 e. The summed E-state index contributed by atoms with van der Waals surface area (Å²) in [5.74, 6) is -1.22. The molecule has 0 aliphatic heterocycles. The van der Waals surface area contributed by atoms with Crippen molar-refractivity contribution in [1.82, 2.24) is 5.32 Å². The van der Waals surface area contributed by atoms with Gasteiger partial charge in [0, 0.05) is 12.6 Å². The van der Waals surface area contributed by atoms with E-state index in [9.17, 15) is 19.7 Å². The average Bonchev–Trinajstić information content (AvgIpc) is 2.62. The number of halogens is 1. The van der Waals surface area contributed by atoms with Gasteiger partial charge in [-0.25, -0.2) is 4.79 Å². The third-order valence-electron chi connectivity index (χ3n) is 4.16. The molecule has 1 aliphatic carbocycles. The first-order valence-electron chi connectivity index (χ1n) is 8.49. The summed E-state index contributed by atoms with van der Waals surface area (Å²) >= 11 is 5.71. The van der Waals surface area contributed by atoms with Crippen molar-refractivity contribution in [3.63, 3.8) is 0 Å². The maximum Gasteiger partial charge on any atom is 0.339 e. The Labute approximate surface area is 156 Å². The molecule has 1 amide bonds. The molecule has 0 heterocycles. The van der Waals surface area contributed by atoms with Gasteiger partial charge in [-0.3, -0.25) is 14.9 Å². The number of esters is 1. The summed E-state index contributed by atoms with van der Waals surface area (Å²) in [5.41, 5.74) is 0.918. The molecule has 140 valence electrons. The van der Waals surface area contributed by atoms with Crippen molar-refractivity contribution in [2.45, 2.75) is 45.1 Å². The van der Waals surface area contributed by atoms with E-state index in [1.54, 1.807) is 0 Å². The summed E-state index contributed by atoms with van der Waals surface area (Å²) in [6.45, 7) is 1.94. The highest BCUT2D eigenvalue weighted by atomic mass is 35.5. The predicted molar refractivity (Wildman–Crippen MR) is 97.2 cm³/mol. The molecule has 0 fully saturated rings. The zero-order chi connectivity index (χ0) is 19.1. The van der Waals surface area contributed by atoms with Crippen LogP contribution in [0.3, 0.4) is 0 Å². The second-order valence-corrected chi connectivity index (χ2v) is 6.53. The zero-order valence-electron chi connectivity index (χ0n) is 14.5. The van der Waals surface area contributed by atoms with Crippen LogP contribution < -0.4 is 5.32 Å². The summed E-state index contributed by atoms with van der Waals surface area (Å²) < 4.78 is 5.08. The van der Waals surface area contributed by atoms with Gasteiger partial charge in [0.2, 0.25) is 0 Å². The van der Waals surface area contributed by atoms with Crippen LogP contribution in [0.15, 0.2) is 29.8 Å². The Bertz CT molecular complexity index is 732. The molecule has 1 aliphatic rings. The molecule has 7 nitrogen and oxygen atoms in total. The Morgan fingerprint density at radius 1 is 1.38 bits per heavy atom. The fraction of sp³-hybridized carbons (Fsp3) is 0.444. The second kappa shape index (κ2) is 9.33. The van der Waals surface area contributed by atoms with Gasteiger partial charge in [-0.05, 0) is 51.2 Å². The lowest BCUT2D eigenvalue weighted by Crippen LogP contribution is -2.36. The lowest BCUT2D eigenvalue weighted by atomic mass is 9.97. The van der Waals surface area contributed by atoms with Crippen LogP contribution in [0.2, 0.25) is 5.02 Å². The Morgan fingerprint density at radius 3 is 2.81 bits per heavy atom. The summed E-state index contributed by atoms with van der Waals surface area (Å²) in [5, 5.41) is 13.5. The van der Waals surface area contributed by atoms with Gasteiger partial charge in [-0.2, -0.15) is 0 Å². The van der Waals surface area contributed by atoms with Crippen LogP contribution in [-0.2, 0) is 9.53 Å². The van der Waals surface area contributed by atoms with Crippen molar-refractivity contribution in [3.05, 3.63) is 50.5 Å². The predicted octanol–water partition coefficient (Wildman–Crippen LogP) is 3.80. The lowest BCUT2D eigenvalue weighted by Gasteiger charge is -2.15. The molecule has 0 saturated carbocycles. The first-order chi connectivity index (χ1) is 12.4. The number of hydrogen-bond donors (Lipinski definition) is 1. The molecule has 26 heavy (non-hydrogen) atoms. The van der Waals surface area contributed by atoms with E-state index in [-0.39, 0.29) is 16.3 Å². The number of hydrogen-bond acceptors (Lipinski definition) is 5. The number of benzene rings is 1. The Balaban J connectivity index is 1.85. The number of nitro groups is 1. The monoisotopic (exact) mass is 380 g/mol. The molecule has 2 rings (SSSR count). The first-order valence-corrected chi connectivity index (χ1v) is 8.87. The molecule has 0 spiro atoms. The number of ether oxygens (including phenoxy) is 1. The number of nitro benzene ring substituents is 1. The molecule has 0 unspecified atom stereocenters. The molecule has 0 radical (unpaired) electrons. The Kier molecular flexibility index (Phi) is 7.15. The molecule has 1 atom stereocenters. The summed E-state index contributed by atoms with van der Waals surface area (Å²) in [4.78, 5) is 34.3. The summed E-state index contributed by atoms with van der Waals surface area (Å²) in [6, 6.07) is 3.60. The first kappa shape index (κ1) is 19.9. The zero-order valence-corrected chi connectivity index (χ0v) is 15.3. The molecular formula is C18H21ClN2O5. The molecule has 0 aromatic heterocycles. The number of rotatable bonds is 7. The van der Waals surface area contributed by atoms with Gasteiger partial charge in [0.05, 0.1) is 10.5 Å². The smallest absolute Gasteiger partial charge is 0.339 e. The highest BCUT2D eigenvalue weighted by Gasteiger charge is 2.21. The van der Waals surface area contributed by atoms with E-state index in [1.165, 1.54) is 37.5 Å². The van der Waals surface area contributed by atoms with Gasteiger partial charge >= 0.3 is 5.97 Å². The third-order valence-corrected chi connectivity index (χ3v) is 4.48. The van der Waals surface area contributed by atoms with Crippen LogP contribution >= 0.6 is 11.6 Å². The molecule has 8 heteroatoms. The van der Waals surface area contributed by atoms with Crippen LogP contribution in [0.1, 0.15) is 49.4 Å². The van der Waals surface area contributed by atoms with E-state index in [0.717, 1.165) is 25.3 Å². The molecule has 1 aromatic rings. The van der Waals surface area contributed by atoms with Crippen molar-refractivity contribution in [2.75, 3.05) is 6.54 Å². The van der Waals surface area contributed by atoms with Crippen molar-refractivity contribution in [2.24, 2.45) is 0 Å². The summed E-state index contributed by atoms with van der Waals surface area (Å²) in [6.07, 6.45) is 6.55. The number of carbonyl (C=O) groups is 2. The van der Waals surface area contributed by atoms with Crippen molar-refractivity contribution < 1.29 is 19.2 Å². The normalized spacial score (nSPS) is 14.9. The van der Waals surface area contributed by atoms with Crippen molar-refractivity contribution in [3.8, 4) is 0 Å². The lowest BCUT2D eigenvalue weighted by molar-refractivity contribution is -0.384. The minimum absolute atomic E-state index is 0.0342. The molecule has 0 saturated heterocycles. The third kappa shape index (κ3) is 5.56. The van der Waals surface area contributed by atoms with E-state index < -0.39 is 22.9 Å². The van der Waals surface area contributed by atoms with Gasteiger partial charge in [-0.15, -0.1) is 0 Å². The molecule has 1 aromatic carbocycles. The molecular weight excluding hydrogens is 360 g/mol. The van der Waals surface area contributed by atoms with E-state index in [0.29, 0.717) is 6.54 Å². The average molecular weight is 381 g/mol. The quantitative estimate of drug-likeness (QED) is 0.335. The van der Waals surface area contributed by atoms with Crippen LogP contribution in [-0.4, -0.2) is 29.4 Å². The minimum atomic E-state index is -1.00. The highest BCUT2D eigenvalue weighted by molar-refractivity contribution is 6.32. The minimum Gasteiger partial charge on any atom is -0.449 e. The fourth-order valence-electron chi connectivity index (χ4n) is 2.68. The second-order valence-electron chi connectivity index (χ2n) is 6.12. The van der Waals surface area contributed by atoms with Gasteiger partial charge in [0.15, 0.2) is 6.10 Å². The summed E-state index contributed by atoms with van der Waals surface area (Å²) in [7, 11) is 0. The van der Waals surface area contributed by atoms with Crippen molar-refractivity contribution in [1.29, 1.82) is 0 Å². The van der Waals surface area contributed by atoms with Gasteiger partial charge in [0.25, 0.3) is 11.6 Å². The number of carbonyl (C=O) groups excluding carboxylic acids is 2. The SMILES string of the molecule is C[C@H](OC(=O)c1ccc(Cl)c([N+](=O)[O-])c1)C(=O)NCCC1=CCCCC1. The van der Waals surface area contributed by atoms with Crippen LogP contribution in [0.25, 0.3) is 0 Å². The van der Waals surface area contributed by atoms with E-state index in [1.807, 2.05) is 0 Å². The van der Waals surface area contributed by atoms with Crippen LogP contribution in [0.5, 0.6) is 0 Å². The topological polar surface area (TPSA) is 98.5 Å². The van der Waals surface area contributed by atoms with E-state index in [2.05, 4.69) is 11.4 Å². The number of amides is 1. The number of nitrogens with zero attached hydrogens (tertiary/aromatic N) is 1. The van der Waals surface area contributed by atoms with Gasteiger partial charge < -0.3 is 10.1 Å². The van der Waals surface area contributed by atoms with Gasteiger partial charge in [0.1, 0.15) is 5.02 Å². The molecule has 0 bridgehead atoms. The molecule has 1 N–H and O–H groups in total. The van der Waals surface area contributed by atoms with E-state index >= 15 is 0 Å². The number of allylic oxidation sites excluding steroid dienone is 1. The van der Waals surface area contributed by atoms with Crippen LogP contribution in [0.4, 0.5) is 5.69 Å². The maximum atomic E-state index is 12.1. The Morgan fingerprint density at radius 2 is 2.15 bits per heavy atom. The van der Waals surface area contributed by atoms with Gasteiger partial charge in [-0.1, -0.05) is 23.3 Å². The van der Waals surface area contributed by atoms with Crippen molar-refractivity contribution >= 4 is 29.2 Å². The Hall–Kier alpha value is -2.41. The highest BCUT2D eigenvalue weighted by Crippen LogP contribution is 2.25. The number of nitrogens with one attached hydrogen (secondary N) is 1. The van der Waals surface area contributed by atoms with Crippen LogP contribution in [0, 0.1) is 10.1 Å².